The number of allylic oxidation sites excluding steroid dienone is 1. The van der Waals surface area contributed by atoms with E-state index in [4.69, 9.17) is 9.73 Å². The lowest BCUT2D eigenvalue weighted by Gasteiger charge is -2.26. The molecule has 0 aromatic carbocycles. The average Bonchev–Trinajstić information content (AvgIpc) is 3.16. The van der Waals surface area contributed by atoms with Gasteiger partial charge >= 0.3 is 0 Å². The molecule has 0 radical (unpaired) electrons. The molecule has 0 N–H and O–H groups in total. The van der Waals surface area contributed by atoms with Gasteiger partial charge in [0.15, 0.2) is 0 Å². The zero-order valence-corrected chi connectivity index (χ0v) is 15.5. The predicted molar refractivity (Wildman–Crippen MR) is 98.0 cm³/mol. The molecule has 2 atom stereocenters. The maximum atomic E-state index is 5.93. The van der Waals surface area contributed by atoms with Gasteiger partial charge in [0, 0.05) is 5.71 Å². The van der Waals surface area contributed by atoms with Gasteiger partial charge in [-0.2, -0.15) is 0 Å². The second-order valence-electron chi connectivity index (χ2n) is 7.08. The molecule has 24 heavy (non-hydrogen) atoms. The maximum Gasteiger partial charge on any atom is 0.231 e. The molecule has 0 bridgehead atoms. The first kappa shape index (κ1) is 16.1. The normalized spacial score (nSPS) is 24.8. The Morgan fingerprint density at radius 2 is 2.17 bits per heavy atom. The Balaban J connectivity index is 1.72. The van der Waals surface area contributed by atoms with Crippen LogP contribution in [0.5, 0.6) is 5.88 Å². The molecule has 0 spiro atoms. The number of thioether (sulfide) groups is 1. The van der Waals surface area contributed by atoms with E-state index in [9.17, 15) is 0 Å². The SMILES string of the molecule is CCCCC1=NC2Sc3c(OC(C)C)ncnc3C2C2=C1CCC2. The number of hydrogen-bond acceptors (Lipinski definition) is 5. The highest BCUT2D eigenvalue weighted by atomic mass is 32.2. The third kappa shape index (κ3) is 2.67. The maximum absolute atomic E-state index is 5.93. The highest BCUT2D eigenvalue weighted by Crippen LogP contribution is 2.56. The van der Waals surface area contributed by atoms with Gasteiger partial charge in [0.1, 0.15) is 11.7 Å². The number of fused-ring (bicyclic) bond motifs is 4. The van der Waals surface area contributed by atoms with Crippen molar-refractivity contribution in [3.05, 3.63) is 23.2 Å². The fourth-order valence-electron chi connectivity index (χ4n) is 4.00. The van der Waals surface area contributed by atoms with Crippen molar-refractivity contribution in [3.8, 4) is 5.88 Å². The van der Waals surface area contributed by atoms with E-state index in [0.29, 0.717) is 5.92 Å². The van der Waals surface area contributed by atoms with E-state index in [1.165, 1.54) is 37.8 Å². The van der Waals surface area contributed by atoms with Crippen molar-refractivity contribution in [2.75, 3.05) is 0 Å². The fraction of sp³-hybridized carbons (Fsp3) is 0.632. The van der Waals surface area contributed by atoms with Crippen LogP contribution in [0.25, 0.3) is 0 Å². The summed E-state index contributed by atoms with van der Waals surface area (Å²) in [5.41, 5.74) is 5.65. The molecule has 128 valence electrons. The van der Waals surface area contributed by atoms with E-state index in [-0.39, 0.29) is 11.5 Å². The van der Waals surface area contributed by atoms with E-state index in [1.807, 2.05) is 13.8 Å². The molecule has 1 aromatic rings. The molecule has 2 unspecified atom stereocenters. The second kappa shape index (κ2) is 6.51. The van der Waals surface area contributed by atoms with Crippen molar-refractivity contribution >= 4 is 17.5 Å². The second-order valence-corrected chi connectivity index (χ2v) is 8.21. The number of aromatic nitrogens is 2. The molecule has 0 fully saturated rings. The van der Waals surface area contributed by atoms with Crippen LogP contribution in [0, 0.1) is 0 Å². The Kier molecular flexibility index (Phi) is 4.37. The van der Waals surface area contributed by atoms with Crippen LogP contribution in [-0.2, 0) is 0 Å². The van der Waals surface area contributed by atoms with Crippen LogP contribution in [-0.4, -0.2) is 27.2 Å². The number of hydrogen-bond donors (Lipinski definition) is 0. The lowest BCUT2D eigenvalue weighted by atomic mass is 9.87. The number of nitrogens with zero attached hydrogens (tertiary/aromatic N) is 3. The Labute approximate surface area is 148 Å². The minimum Gasteiger partial charge on any atom is -0.474 e. The molecular formula is C19H25N3OS. The molecule has 0 saturated carbocycles. The summed E-state index contributed by atoms with van der Waals surface area (Å²) in [6, 6.07) is 0. The molecule has 0 saturated heterocycles. The summed E-state index contributed by atoms with van der Waals surface area (Å²) >= 11 is 1.80. The van der Waals surface area contributed by atoms with E-state index < -0.39 is 0 Å². The summed E-state index contributed by atoms with van der Waals surface area (Å²) in [5.74, 6) is 1.07. The number of aliphatic imine (C=N–C) groups is 1. The quantitative estimate of drug-likeness (QED) is 0.762. The lowest BCUT2D eigenvalue weighted by Crippen LogP contribution is -2.21. The summed E-state index contributed by atoms with van der Waals surface area (Å²) in [5, 5.41) is 0.231. The largest absolute Gasteiger partial charge is 0.474 e. The summed E-state index contributed by atoms with van der Waals surface area (Å²) in [6.07, 6.45) is 9.01. The summed E-state index contributed by atoms with van der Waals surface area (Å²) < 4.78 is 5.93. The Morgan fingerprint density at radius 1 is 1.29 bits per heavy atom. The minimum atomic E-state index is 0.122. The van der Waals surface area contributed by atoms with Crippen molar-refractivity contribution in [3.63, 3.8) is 0 Å². The molecule has 0 amide bonds. The zero-order chi connectivity index (χ0) is 16.7. The van der Waals surface area contributed by atoms with E-state index in [2.05, 4.69) is 16.9 Å². The van der Waals surface area contributed by atoms with E-state index in [0.717, 1.165) is 22.9 Å². The van der Waals surface area contributed by atoms with Crippen LogP contribution in [0.2, 0.25) is 0 Å². The molecule has 5 heteroatoms. The molecule has 1 aliphatic carbocycles. The number of unbranched alkanes of at least 4 members (excludes halogenated alkanes) is 1. The van der Waals surface area contributed by atoms with Gasteiger partial charge < -0.3 is 4.74 Å². The van der Waals surface area contributed by atoms with Gasteiger partial charge in [-0.3, -0.25) is 4.99 Å². The number of ether oxygens (including phenoxy) is 1. The molecule has 1 aromatic heterocycles. The summed E-state index contributed by atoms with van der Waals surface area (Å²) in [6.45, 7) is 6.33. The van der Waals surface area contributed by atoms with Crippen molar-refractivity contribution in [1.29, 1.82) is 0 Å². The zero-order valence-electron chi connectivity index (χ0n) is 14.7. The van der Waals surface area contributed by atoms with Crippen LogP contribution >= 0.6 is 11.8 Å². The Morgan fingerprint density at radius 3 is 2.96 bits per heavy atom. The third-order valence-electron chi connectivity index (χ3n) is 5.00. The van der Waals surface area contributed by atoms with Crippen LogP contribution in [0.15, 0.2) is 27.4 Å². The van der Waals surface area contributed by atoms with Gasteiger partial charge in [0.2, 0.25) is 5.88 Å². The van der Waals surface area contributed by atoms with Crippen molar-refractivity contribution in [2.24, 2.45) is 4.99 Å². The molecule has 3 aliphatic rings. The van der Waals surface area contributed by atoms with Gasteiger partial charge in [-0.05, 0) is 51.5 Å². The van der Waals surface area contributed by atoms with E-state index >= 15 is 0 Å². The first-order valence-corrected chi connectivity index (χ1v) is 10.0. The lowest BCUT2D eigenvalue weighted by molar-refractivity contribution is 0.225. The van der Waals surface area contributed by atoms with Crippen LogP contribution in [0.3, 0.4) is 0 Å². The van der Waals surface area contributed by atoms with Gasteiger partial charge in [-0.25, -0.2) is 9.97 Å². The number of dihydropyridines is 1. The molecule has 2 aliphatic heterocycles. The highest BCUT2D eigenvalue weighted by Gasteiger charge is 2.44. The minimum absolute atomic E-state index is 0.122. The van der Waals surface area contributed by atoms with Gasteiger partial charge in [-0.15, -0.1) is 0 Å². The fourth-order valence-corrected chi connectivity index (χ4v) is 5.36. The van der Waals surface area contributed by atoms with Gasteiger partial charge in [0.25, 0.3) is 0 Å². The standard InChI is InChI=1S/C19H25N3OS/c1-4-5-9-14-12-7-6-8-13(12)15-16-17(24-19(15)22-14)18(21-10-20-16)23-11(2)3/h10-11,15,19H,4-9H2,1-3H3. The van der Waals surface area contributed by atoms with Crippen LogP contribution in [0.4, 0.5) is 0 Å². The average molecular weight is 343 g/mol. The Hall–Kier alpha value is -1.36. The molecular weight excluding hydrogens is 318 g/mol. The molecule has 4 nitrogen and oxygen atoms in total. The van der Waals surface area contributed by atoms with Crippen LogP contribution < -0.4 is 4.74 Å². The summed E-state index contributed by atoms with van der Waals surface area (Å²) in [7, 11) is 0. The Bertz CT molecular complexity index is 711. The predicted octanol–water partition coefficient (Wildman–Crippen LogP) is 4.90. The van der Waals surface area contributed by atoms with E-state index in [1.54, 1.807) is 29.2 Å². The van der Waals surface area contributed by atoms with Gasteiger partial charge in [-0.1, -0.05) is 30.7 Å². The molecule has 3 heterocycles. The first-order valence-electron chi connectivity index (χ1n) is 9.16. The molecule has 4 rings (SSSR count). The topological polar surface area (TPSA) is 47.4 Å². The smallest absolute Gasteiger partial charge is 0.231 e. The van der Waals surface area contributed by atoms with Crippen molar-refractivity contribution in [1.82, 2.24) is 9.97 Å². The van der Waals surface area contributed by atoms with Crippen LogP contribution in [0.1, 0.15) is 70.9 Å². The highest BCUT2D eigenvalue weighted by molar-refractivity contribution is 8.00. The monoisotopic (exact) mass is 343 g/mol. The summed E-state index contributed by atoms with van der Waals surface area (Å²) in [4.78, 5) is 15.3. The van der Waals surface area contributed by atoms with Crippen molar-refractivity contribution in [2.45, 2.75) is 81.6 Å². The third-order valence-corrected chi connectivity index (χ3v) is 6.24. The van der Waals surface area contributed by atoms with Gasteiger partial charge in [0.05, 0.1) is 22.6 Å². The van der Waals surface area contributed by atoms with Crippen molar-refractivity contribution < 1.29 is 4.74 Å². The first-order chi connectivity index (χ1) is 11.7. The number of rotatable bonds is 5.